The second kappa shape index (κ2) is 10.5. The molecule has 0 saturated carbocycles. The Morgan fingerprint density at radius 1 is 0.500 bits per heavy atom. The minimum Gasteiger partial charge on any atom is -0.321 e. The van der Waals surface area contributed by atoms with Crippen molar-refractivity contribution in [2.75, 3.05) is 5.32 Å². The summed E-state index contributed by atoms with van der Waals surface area (Å²) in [6, 6.07) is 0.00368. The lowest BCUT2D eigenvalue weighted by Crippen LogP contribution is -2.77. The Morgan fingerprint density at radius 2 is 0.818 bits per heavy atom. The number of amides is 1. The average molecular weight is 724 g/mol. The lowest BCUT2D eigenvalue weighted by molar-refractivity contribution is -0.464. The minimum absolute atomic E-state index is 0.100. The van der Waals surface area contributed by atoms with Crippen molar-refractivity contribution in [1.82, 2.24) is 0 Å². The molecule has 0 radical (unpaired) electrons. The second-order valence-electron chi connectivity index (χ2n) is 8.20. The second-order valence-corrected chi connectivity index (χ2v) is 8.67. The van der Waals surface area contributed by atoms with E-state index in [0.717, 1.165) is 0 Å². The zero-order valence-electron chi connectivity index (χ0n) is 19.3. The average Bonchev–Trinajstić information content (AvgIpc) is 2.81. The van der Waals surface area contributed by atoms with Crippen LogP contribution in [-0.4, -0.2) is 64.6 Å². The summed E-state index contributed by atoms with van der Waals surface area (Å²) in [4.78, 5) is 11.4. The molecule has 1 amide bonds. The molecule has 0 bridgehead atoms. The SMILES string of the molecule is O=C(Nc1cccc(C(F)(F)F)c1)C(F)(F)C(F)(F)C(F)(F)C(F)(F)C(F)(F)C(F)(F)C(F)(F)C(F)(F)C(F)(F)C(F)(F)Cl. The van der Waals surface area contributed by atoms with E-state index in [2.05, 4.69) is 11.6 Å². The molecule has 0 spiro atoms. The number of anilines is 1. The van der Waals surface area contributed by atoms with Gasteiger partial charge in [0.25, 0.3) is 0 Å². The van der Waals surface area contributed by atoms with E-state index in [9.17, 15) is 106 Å². The lowest BCUT2D eigenvalue weighted by atomic mass is 9.86. The number of carbonyl (C=O) groups is 1. The van der Waals surface area contributed by atoms with Crippen LogP contribution in [0.4, 0.5) is 107 Å². The smallest absolute Gasteiger partial charge is 0.321 e. The molecule has 0 atom stereocenters. The van der Waals surface area contributed by atoms with Gasteiger partial charge < -0.3 is 5.32 Å². The van der Waals surface area contributed by atoms with Gasteiger partial charge in [0.1, 0.15) is 0 Å². The summed E-state index contributed by atoms with van der Waals surface area (Å²) in [5, 5.41) is -6.84. The van der Waals surface area contributed by atoms with Crippen LogP contribution in [0.3, 0.4) is 0 Å². The molecule has 0 aromatic heterocycles. The van der Waals surface area contributed by atoms with E-state index in [1.807, 2.05) is 0 Å². The summed E-state index contributed by atoms with van der Waals surface area (Å²) in [5.41, 5.74) is -3.59. The fourth-order valence-corrected chi connectivity index (χ4v) is 2.80. The van der Waals surface area contributed by atoms with Gasteiger partial charge in [-0.05, 0) is 29.8 Å². The van der Waals surface area contributed by atoms with E-state index >= 15 is 0 Å². The van der Waals surface area contributed by atoms with Gasteiger partial charge in [-0.25, -0.2) is 0 Å². The Hall–Kier alpha value is -2.63. The number of hydrogen-bond donors (Lipinski definition) is 1. The van der Waals surface area contributed by atoms with Crippen molar-refractivity contribution in [3.05, 3.63) is 29.8 Å². The Bertz CT molecular complexity index is 1230. The topological polar surface area (TPSA) is 29.1 Å². The summed E-state index contributed by atoms with van der Waals surface area (Å²) < 4.78 is 309. The number of benzene rings is 1. The molecule has 44 heavy (non-hydrogen) atoms. The molecule has 0 aliphatic rings. The number of alkyl halides is 24. The van der Waals surface area contributed by atoms with Gasteiger partial charge >= 0.3 is 70.8 Å². The van der Waals surface area contributed by atoms with Crippen LogP contribution in [0.15, 0.2) is 24.3 Å². The minimum atomic E-state index is -9.31. The van der Waals surface area contributed by atoms with Crippen LogP contribution in [0.2, 0.25) is 0 Å². The molecule has 0 saturated heterocycles. The van der Waals surface area contributed by atoms with Gasteiger partial charge in [0.05, 0.1) is 5.56 Å². The molecule has 1 rings (SSSR count). The number of hydrogen-bond acceptors (Lipinski definition) is 1. The zero-order valence-corrected chi connectivity index (χ0v) is 20.0. The van der Waals surface area contributed by atoms with E-state index < -0.39 is 88.1 Å². The van der Waals surface area contributed by atoms with E-state index in [0.29, 0.717) is 5.32 Å². The number of carbonyl (C=O) groups excluding carboxylic acids is 1. The third-order valence-corrected chi connectivity index (χ3v) is 5.48. The Balaban J connectivity index is 3.71. The van der Waals surface area contributed by atoms with Crippen molar-refractivity contribution in [1.29, 1.82) is 0 Å². The van der Waals surface area contributed by atoms with E-state index in [4.69, 9.17) is 0 Å². The quantitative estimate of drug-likeness (QED) is 0.179. The first-order valence-electron chi connectivity index (χ1n) is 9.81. The molecule has 2 nitrogen and oxygen atoms in total. The molecular formula is C18H5ClF23NO. The van der Waals surface area contributed by atoms with Crippen LogP contribution in [-0.2, 0) is 11.0 Å². The van der Waals surface area contributed by atoms with Gasteiger partial charge in [-0.1, -0.05) is 6.07 Å². The summed E-state index contributed by atoms with van der Waals surface area (Å²) in [5.74, 6) is -83.1. The molecule has 0 heterocycles. The predicted molar refractivity (Wildman–Crippen MR) is 95.4 cm³/mol. The number of nitrogens with one attached hydrogen (secondary N) is 1. The van der Waals surface area contributed by atoms with Gasteiger partial charge in [0, 0.05) is 5.69 Å². The summed E-state index contributed by atoms with van der Waals surface area (Å²) in [6.45, 7) is 0. The highest BCUT2D eigenvalue weighted by Crippen LogP contribution is 2.66. The first kappa shape index (κ1) is 39.4. The molecule has 1 aromatic rings. The highest BCUT2D eigenvalue weighted by atomic mass is 35.5. The first-order chi connectivity index (χ1) is 18.9. The molecule has 0 aliphatic heterocycles. The van der Waals surface area contributed by atoms with E-state index in [1.54, 1.807) is 0 Å². The lowest BCUT2D eigenvalue weighted by Gasteiger charge is -2.44. The Labute approximate surface area is 230 Å². The maximum atomic E-state index is 13.9. The Kier molecular flexibility index (Phi) is 9.36. The van der Waals surface area contributed by atoms with E-state index in [-0.39, 0.29) is 18.2 Å². The van der Waals surface area contributed by atoms with Crippen LogP contribution in [0.1, 0.15) is 5.56 Å². The van der Waals surface area contributed by atoms with E-state index in [1.165, 1.54) is 0 Å². The fourth-order valence-electron chi connectivity index (χ4n) is 2.68. The number of rotatable bonds is 11. The third-order valence-electron chi connectivity index (χ3n) is 5.24. The molecular weight excluding hydrogens is 719 g/mol. The maximum absolute atomic E-state index is 13.9. The van der Waals surface area contributed by atoms with Crippen LogP contribution in [0.5, 0.6) is 0 Å². The van der Waals surface area contributed by atoms with Gasteiger partial charge in [-0.2, -0.15) is 101 Å². The van der Waals surface area contributed by atoms with Crippen LogP contribution < -0.4 is 5.32 Å². The van der Waals surface area contributed by atoms with Gasteiger partial charge in [0.2, 0.25) is 0 Å². The molecule has 0 unspecified atom stereocenters. The molecule has 26 heteroatoms. The molecule has 1 N–H and O–H groups in total. The summed E-state index contributed by atoms with van der Waals surface area (Å²) in [6.07, 6.45) is -5.40. The molecule has 256 valence electrons. The molecule has 1 aromatic carbocycles. The largest absolute Gasteiger partial charge is 0.416 e. The highest BCUT2D eigenvalue weighted by molar-refractivity contribution is 6.22. The molecule has 0 aliphatic carbocycles. The van der Waals surface area contributed by atoms with Crippen molar-refractivity contribution in [3.8, 4) is 0 Å². The Morgan fingerprint density at radius 3 is 1.14 bits per heavy atom. The van der Waals surface area contributed by atoms with Crippen molar-refractivity contribution >= 4 is 23.2 Å². The van der Waals surface area contributed by atoms with Crippen molar-refractivity contribution in [2.45, 2.75) is 64.9 Å². The van der Waals surface area contributed by atoms with Crippen molar-refractivity contribution < 1.29 is 106 Å². The standard InChI is InChI=1S/C18H5ClF23NO/c19-18(41,42)17(39,40)16(37,38)15(35,36)14(33,34)13(31,32)12(29,30)11(27,28)10(25,26)8(20,21)7(44)43-6-3-1-2-5(4-6)9(22,23)24/h1-4H,(H,43,44). The maximum Gasteiger partial charge on any atom is 0.416 e. The monoisotopic (exact) mass is 723 g/mol. The van der Waals surface area contributed by atoms with Crippen molar-refractivity contribution in [2.24, 2.45) is 0 Å². The normalized spacial score (nSPS) is 15.8. The zero-order chi connectivity index (χ0) is 35.8. The summed E-state index contributed by atoms with van der Waals surface area (Å²) in [7, 11) is 0. The predicted octanol–water partition coefficient (Wildman–Crippen LogP) is 9.19. The number of halogens is 24. The highest BCUT2D eigenvalue weighted by Gasteiger charge is 2.98. The summed E-state index contributed by atoms with van der Waals surface area (Å²) >= 11 is 3.30. The molecule has 0 fully saturated rings. The third kappa shape index (κ3) is 5.32. The van der Waals surface area contributed by atoms with Gasteiger partial charge in [-0.15, -0.1) is 0 Å². The van der Waals surface area contributed by atoms with Gasteiger partial charge in [0.15, 0.2) is 0 Å². The van der Waals surface area contributed by atoms with Crippen LogP contribution in [0, 0.1) is 0 Å². The van der Waals surface area contributed by atoms with Gasteiger partial charge in [-0.3, -0.25) is 4.79 Å². The van der Waals surface area contributed by atoms with Crippen LogP contribution in [0.25, 0.3) is 0 Å². The first-order valence-corrected chi connectivity index (χ1v) is 10.2. The van der Waals surface area contributed by atoms with Crippen LogP contribution >= 0.6 is 11.6 Å². The van der Waals surface area contributed by atoms with Crippen molar-refractivity contribution in [3.63, 3.8) is 0 Å². The fraction of sp³-hybridized carbons (Fsp3) is 0.611.